The van der Waals surface area contributed by atoms with Crippen molar-refractivity contribution in [1.82, 2.24) is 9.55 Å². The van der Waals surface area contributed by atoms with E-state index in [2.05, 4.69) is 18.4 Å². The number of unbranched alkanes of at least 4 members (excludes halogenated alkanes) is 1. The zero-order valence-electron chi connectivity index (χ0n) is 10.9. The van der Waals surface area contributed by atoms with Crippen molar-refractivity contribution >= 4 is 17.6 Å². The fourth-order valence-corrected chi connectivity index (χ4v) is 3.65. The Hall–Kier alpha value is -0.640. The summed E-state index contributed by atoms with van der Waals surface area (Å²) < 4.78 is 2.24. The Bertz CT molecular complexity index is 367. The zero-order valence-corrected chi connectivity index (χ0v) is 11.7. The number of imidazole rings is 1. The molecule has 0 bridgehead atoms. The van der Waals surface area contributed by atoms with Crippen molar-refractivity contribution in [3.05, 3.63) is 11.5 Å². The summed E-state index contributed by atoms with van der Waals surface area (Å²) in [6.45, 7) is 5.41. The van der Waals surface area contributed by atoms with Crippen LogP contribution >= 0.6 is 11.8 Å². The lowest BCUT2D eigenvalue weighted by molar-refractivity contribution is 0.612. The molecule has 1 unspecified atom stereocenters. The lowest BCUT2D eigenvalue weighted by Crippen LogP contribution is -2.08. The number of nitrogens with two attached hydrogens (primary N) is 1. The van der Waals surface area contributed by atoms with Gasteiger partial charge in [0, 0.05) is 24.6 Å². The highest BCUT2D eigenvalue weighted by molar-refractivity contribution is 7.99. The first-order valence-electron chi connectivity index (χ1n) is 6.70. The number of aromatic nitrogens is 2. The maximum absolute atomic E-state index is 6.29. The van der Waals surface area contributed by atoms with Gasteiger partial charge in [-0.05, 0) is 18.6 Å². The molecule has 17 heavy (non-hydrogen) atoms. The summed E-state index contributed by atoms with van der Waals surface area (Å²) in [7, 11) is 0. The molecule has 1 aliphatic heterocycles. The van der Waals surface area contributed by atoms with Crippen molar-refractivity contribution in [3.8, 4) is 0 Å². The summed E-state index contributed by atoms with van der Waals surface area (Å²) in [6, 6.07) is 0. The summed E-state index contributed by atoms with van der Waals surface area (Å²) in [5.41, 5.74) is 7.46. The Morgan fingerprint density at radius 3 is 2.88 bits per heavy atom. The number of anilines is 1. The molecular weight excluding hydrogens is 230 g/mol. The monoisotopic (exact) mass is 253 g/mol. The minimum absolute atomic E-state index is 0.591. The van der Waals surface area contributed by atoms with Crippen LogP contribution in [0.5, 0.6) is 0 Å². The van der Waals surface area contributed by atoms with E-state index in [1.807, 2.05) is 11.8 Å². The predicted octanol–water partition coefficient (Wildman–Crippen LogP) is 3.05. The van der Waals surface area contributed by atoms with Gasteiger partial charge in [-0.25, -0.2) is 4.98 Å². The van der Waals surface area contributed by atoms with Crippen LogP contribution in [0.15, 0.2) is 0 Å². The first-order valence-corrected chi connectivity index (χ1v) is 7.85. The largest absolute Gasteiger partial charge is 0.384 e. The van der Waals surface area contributed by atoms with Gasteiger partial charge in [0.1, 0.15) is 11.6 Å². The van der Waals surface area contributed by atoms with E-state index in [1.165, 1.54) is 42.3 Å². The molecule has 1 atom stereocenters. The molecule has 1 fully saturated rings. The van der Waals surface area contributed by atoms with Gasteiger partial charge in [-0.2, -0.15) is 11.8 Å². The highest BCUT2D eigenvalue weighted by Gasteiger charge is 2.24. The van der Waals surface area contributed by atoms with Crippen molar-refractivity contribution in [1.29, 1.82) is 0 Å². The average Bonchev–Trinajstić information content (AvgIpc) is 2.94. The van der Waals surface area contributed by atoms with Crippen LogP contribution in [0.2, 0.25) is 0 Å². The number of nitrogen functional groups attached to an aromatic ring is 1. The Morgan fingerprint density at radius 1 is 1.47 bits per heavy atom. The third-order valence-electron chi connectivity index (χ3n) is 3.48. The molecule has 4 heteroatoms. The summed E-state index contributed by atoms with van der Waals surface area (Å²) in [4.78, 5) is 4.79. The number of thioether (sulfide) groups is 1. The zero-order chi connectivity index (χ0) is 12.3. The van der Waals surface area contributed by atoms with Crippen LogP contribution in [-0.4, -0.2) is 21.1 Å². The predicted molar refractivity (Wildman–Crippen MR) is 75.6 cm³/mol. The van der Waals surface area contributed by atoms with E-state index in [4.69, 9.17) is 10.7 Å². The van der Waals surface area contributed by atoms with Gasteiger partial charge in [-0.1, -0.05) is 20.3 Å². The second kappa shape index (κ2) is 5.80. The molecule has 3 nitrogen and oxygen atoms in total. The van der Waals surface area contributed by atoms with Crippen molar-refractivity contribution in [2.75, 3.05) is 17.2 Å². The van der Waals surface area contributed by atoms with E-state index in [0.717, 1.165) is 18.8 Å². The second-order valence-corrected chi connectivity index (χ2v) is 5.87. The number of nitrogens with zero attached hydrogens (tertiary/aromatic N) is 2. The normalized spacial score (nSPS) is 20.0. The molecule has 2 heterocycles. The summed E-state index contributed by atoms with van der Waals surface area (Å²) >= 11 is 2.02. The van der Waals surface area contributed by atoms with Gasteiger partial charge < -0.3 is 10.3 Å². The van der Waals surface area contributed by atoms with Gasteiger partial charge in [0.05, 0.1) is 5.69 Å². The minimum atomic E-state index is 0.591. The van der Waals surface area contributed by atoms with Crippen LogP contribution in [0, 0.1) is 0 Å². The molecule has 2 rings (SSSR count). The van der Waals surface area contributed by atoms with Gasteiger partial charge in [-0.15, -0.1) is 0 Å². The van der Waals surface area contributed by atoms with E-state index < -0.39 is 0 Å². The smallest absolute Gasteiger partial charge is 0.127 e. The maximum Gasteiger partial charge on any atom is 0.127 e. The van der Waals surface area contributed by atoms with Gasteiger partial charge in [0.2, 0.25) is 0 Å². The summed E-state index contributed by atoms with van der Waals surface area (Å²) in [5, 5.41) is 0. The van der Waals surface area contributed by atoms with Crippen LogP contribution in [0.1, 0.15) is 50.5 Å². The van der Waals surface area contributed by atoms with Crippen molar-refractivity contribution in [2.24, 2.45) is 0 Å². The number of rotatable bonds is 5. The van der Waals surface area contributed by atoms with Crippen LogP contribution in [-0.2, 0) is 13.0 Å². The van der Waals surface area contributed by atoms with Crippen LogP contribution < -0.4 is 5.73 Å². The van der Waals surface area contributed by atoms with E-state index in [1.54, 1.807) is 0 Å². The van der Waals surface area contributed by atoms with Crippen LogP contribution in [0.25, 0.3) is 0 Å². The van der Waals surface area contributed by atoms with Crippen LogP contribution in [0.3, 0.4) is 0 Å². The van der Waals surface area contributed by atoms with Gasteiger partial charge in [-0.3, -0.25) is 0 Å². The van der Waals surface area contributed by atoms with E-state index in [9.17, 15) is 0 Å². The molecule has 1 saturated heterocycles. The molecule has 0 aliphatic carbocycles. The Kier molecular flexibility index (Phi) is 4.37. The molecular formula is C13H23N3S. The number of hydrogen-bond donors (Lipinski definition) is 1. The SMILES string of the molecule is CCCCn1c(CC)nc(C2CCSC2)c1N. The fraction of sp³-hybridized carbons (Fsp3) is 0.769. The van der Waals surface area contributed by atoms with E-state index in [0.29, 0.717) is 5.92 Å². The van der Waals surface area contributed by atoms with Crippen molar-refractivity contribution in [2.45, 2.75) is 52.0 Å². The maximum atomic E-state index is 6.29. The standard InChI is InChI=1S/C13H23N3S/c1-3-5-7-16-11(4-2)15-12(13(16)14)10-6-8-17-9-10/h10H,3-9,14H2,1-2H3. The molecule has 96 valence electrons. The highest BCUT2D eigenvalue weighted by Crippen LogP contribution is 2.35. The number of hydrogen-bond acceptors (Lipinski definition) is 3. The Morgan fingerprint density at radius 2 is 2.29 bits per heavy atom. The third kappa shape index (κ3) is 2.62. The molecule has 0 amide bonds. The van der Waals surface area contributed by atoms with Gasteiger partial charge in [0.15, 0.2) is 0 Å². The quantitative estimate of drug-likeness (QED) is 0.877. The fourth-order valence-electron chi connectivity index (χ4n) is 2.42. The summed E-state index contributed by atoms with van der Waals surface area (Å²) in [6.07, 6.45) is 4.61. The van der Waals surface area contributed by atoms with Crippen molar-refractivity contribution < 1.29 is 0 Å². The van der Waals surface area contributed by atoms with Gasteiger partial charge >= 0.3 is 0 Å². The lowest BCUT2D eigenvalue weighted by Gasteiger charge is -2.09. The molecule has 0 aromatic carbocycles. The molecule has 0 saturated carbocycles. The molecule has 0 spiro atoms. The number of aryl methyl sites for hydroxylation is 1. The summed E-state index contributed by atoms with van der Waals surface area (Å²) in [5.74, 6) is 5.14. The van der Waals surface area contributed by atoms with Crippen LogP contribution in [0.4, 0.5) is 5.82 Å². The average molecular weight is 253 g/mol. The first-order chi connectivity index (χ1) is 8.27. The second-order valence-electron chi connectivity index (χ2n) is 4.72. The van der Waals surface area contributed by atoms with E-state index >= 15 is 0 Å². The third-order valence-corrected chi connectivity index (χ3v) is 4.64. The lowest BCUT2D eigenvalue weighted by atomic mass is 10.1. The van der Waals surface area contributed by atoms with E-state index in [-0.39, 0.29) is 0 Å². The minimum Gasteiger partial charge on any atom is -0.384 e. The molecule has 1 aromatic heterocycles. The molecule has 1 aromatic rings. The molecule has 1 aliphatic rings. The topological polar surface area (TPSA) is 43.8 Å². The highest BCUT2D eigenvalue weighted by atomic mass is 32.2. The van der Waals surface area contributed by atoms with Gasteiger partial charge in [0.25, 0.3) is 0 Å². The molecule has 2 N–H and O–H groups in total. The first kappa shape index (κ1) is 12.8. The Balaban J connectivity index is 2.24. The van der Waals surface area contributed by atoms with Crippen molar-refractivity contribution in [3.63, 3.8) is 0 Å². The molecule has 0 radical (unpaired) electrons. The Labute approximate surface area is 108 Å².